The summed E-state index contributed by atoms with van der Waals surface area (Å²) in [6, 6.07) is 17.3. The van der Waals surface area contributed by atoms with Crippen LogP contribution in [-0.4, -0.2) is 39.7 Å². The lowest BCUT2D eigenvalue weighted by atomic mass is 9.83. The van der Waals surface area contributed by atoms with E-state index in [9.17, 15) is 14.0 Å². The molecule has 7 heteroatoms. The Labute approximate surface area is 177 Å². The Morgan fingerprint density at radius 1 is 1.03 bits per heavy atom. The number of benzene rings is 2. The van der Waals surface area contributed by atoms with E-state index in [0.717, 1.165) is 17.2 Å². The normalized spacial score (nSPS) is 20.1. The topological polar surface area (TPSA) is 53.5 Å². The van der Waals surface area contributed by atoms with Gasteiger partial charge in [0.15, 0.2) is 0 Å². The van der Waals surface area contributed by atoms with Crippen LogP contribution in [0.2, 0.25) is 5.02 Å². The molecule has 2 aliphatic heterocycles. The lowest BCUT2D eigenvalue weighted by molar-refractivity contribution is 0.00771. The number of aromatic nitrogens is 1. The molecule has 2 amide bonds. The Morgan fingerprint density at radius 2 is 1.80 bits per heavy atom. The molecule has 150 valence electrons. The highest BCUT2D eigenvalue weighted by atomic mass is 35.5. The first-order valence-electron chi connectivity index (χ1n) is 9.60. The van der Waals surface area contributed by atoms with E-state index in [4.69, 9.17) is 11.6 Å². The summed E-state index contributed by atoms with van der Waals surface area (Å²) in [7, 11) is 0. The lowest BCUT2D eigenvalue weighted by Crippen LogP contribution is -2.58. The van der Waals surface area contributed by atoms with Gasteiger partial charge in [-0.2, -0.15) is 4.39 Å². The summed E-state index contributed by atoms with van der Waals surface area (Å²) in [4.78, 5) is 33.9. The number of amides is 2. The number of hydrogen-bond donors (Lipinski definition) is 0. The number of carbonyl (C=O) groups is 2. The zero-order valence-corrected chi connectivity index (χ0v) is 16.6. The van der Waals surface area contributed by atoms with E-state index < -0.39 is 11.6 Å². The fourth-order valence-electron chi connectivity index (χ4n) is 4.53. The summed E-state index contributed by atoms with van der Waals surface area (Å²) in [5, 5.41) is 0.572. The second kappa shape index (κ2) is 6.92. The number of rotatable bonds is 2. The maximum Gasteiger partial charge on any atom is 0.257 e. The van der Waals surface area contributed by atoms with Crippen molar-refractivity contribution in [2.45, 2.75) is 12.1 Å². The number of carbonyl (C=O) groups excluding carboxylic acids is 2. The zero-order valence-electron chi connectivity index (χ0n) is 15.9. The predicted molar refractivity (Wildman–Crippen MR) is 110 cm³/mol. The summed E-state index contributed by atoms with van der Waals surface area (Å²) in [5.41, 5.74) is 1.63. The molecule has 0 N–H and O–H groups in total. The average Bonchev–Trinajstić information content (AvgIpc) is 3.15. The molecular weight excluding hydrogens is 405 g/mol. The van der Waals surface area contributed by atoms with Crippen LogP contribution >= 0.6 is 11.6 Å². The first-order chi connectivity index (χ1) is 14.5. The highest BCUT2D eigenvalue weighted by Crippen LogP contribution is 2.45. The van der Waals surface area contributed by atoms with Crippen molar-refractivity contribution in [1.29, 1.82) is 0 Å². The van der Waals surface area contributed by atoms with Gasteiger partial charge in [0.1, 0.15) is 5.66 Å². The van der Waals surface area contributed by atoms with Gasteiger partial charge in [0, 0.05) is 36.3 Å². The van der Waals surface area contributed by atoms with E-state index in [2.05, 4.69) is 4.98 Å². The molecule has 1 saturated heterocycles. The van der Waals surface area contributed by atoms with E-state index in [1.807, 2.05) is 36.4 Å². The Kier molecular flexibility index (Phi) is 4.33. The van der Waals surface area contributed by atoms with Gasteiger partial charge in [0.25, 0.3) is 11.8 Å². The minimum atomic E-state index is -0.985. The van der Waals surface area contributed by atoms with Gasteiger partial charge in [-0.1, -0.05) is 41.9 Å². The van der Waals surface area contributed by atoms with Gasteiger partial charge in [0.2, 0.25) is 5.95 Å². The molecule has 3 aromatic rings. The minimum Gasteiger partial charge on any atom is -0.309 e. The molecule has 5 rings (SSSR count). The van der Waals surface area contributed by atoms with Crippen LogP contribution < -0.4 is 0 Å². The van der Waals surface area contributed by atoms with E-state index >= 15 is 0 Å². The molecule has 0 spiro atoms. The van der Waals surface area contributed by atoms with Gasteiger partial charge < -0.3 is 9.80 Å². The van der Waals surface area contributed by atoms with Crippen LogP contribution in [0.4, 0.5) is 4.39 Å². The fourth-order valence-corrected chi connectivity index (χ4v) is 4.65. The molecule has 0 bridgehead atoms. The number of nitrogens with zero attached hydrogens (tertiary/aromatic N) is 3. The third-order valence-electron chi connectivity index (χ3n) is 5.90. The quantitative estimate of drug-likeness (QED) is 0.590. The molecule has 1 aromatic heterocycles. The Balaban J connectivity index is 1.68. The Bertz CT molecular complexity index is 1150. The van der Waals surface area contributed by atoms with E-state index in [0.29, 0.717) is 30.1 Å². The van der Waals surface area contributed by atoms with Crippen molar-refractivity contribution >= 4 is 23.4 Å². The first kappa shape index (κ1) is 18.8. The highest BCUT2D eigenvalue weighted by molar-refractivity contribution is 6.30. The molecular formula is C23H17ClFN3O2. The zero-order chi connectivity index (χ0) is 20.9. The van der Waals surface area contributed by atoms with Crippen LogP contribution in [0.5, 0.6) is 0 Å². The lowest BCUT2D eigenvalue weighted by Gasteiger charge is -2.47. The van der Waals surface area contributed by atoms with E-state index in [1.165, 1.54) is 12.3 Å². The number of hydrogen-bond acceptors (Lipinski definition) is 3. The molecule has 1 fully saturated rings. The molecule has 0 aliphatic carbocycles. The molecule has 0 radical (unpaired) electrons. The van der Waals surface area contributed by atoms with Crippen molar-refractivity contribution in [3.8, 4) is 0 Å². The molecule has 0 saturated carbocycles. The summed E-state index contributed by atoms with van der Waals surface area (Å²) in [6.45, 7) is 0.759. The van der Waals surface area contributed by atoms with E-state index in [-0.39, 0.29) is 17.4 Å². The van der Waals surface area contributed by atoms with Crippen molar-refractivity contribution in [1.82, 2.24) is 14.8 Å². The summed E-state index contributed by atoms with van der Waals surface area (Å²) >= 11 is 6.11. The van der Waals surface area contributed by atoms with Crippen LogP contribution in [0.15, 0.2) is 66.9 Å². The highest BCUT2D eigenvalue weighted by Gasteiger charge is 2.55. The molecule has 2 aliphatic rings. The summed E-state index contributed by atoms with van der Waals surface area (Å²) in [5.74, 6) is -1.06. The number of fused-ring (bicyclic) bond motifs is 2. The second-order valence-electron chi connectivity index (χ2n) is 7.44. The molecule has 5 nitrogen and oxygen atoms in total. The van der Waals surface area contributed by atoms with Crippen molar-refractivity contribution in [3.05, 3.63) is 100 Å². The SMILES string of the molecule is O=C(c1ccc(F)nc1)N1CCN2C(=O)c3ccccc3CC12c1ccc(Cl)cc1. The number of pyridine rings is 1. The maximum absolute atomic E-state index is 13.5. The number of halogens is 2. The van der Waals surface area contributed by atoms with E-state index in [1.54, 1.807) is 21.9 Å². The average molecular weight is 422 g/mol. The van der Waals surface area contributed by atoms with Crippen LogP contribution in [0, 0.1) is 5.95 Å². The van der Waals surface area contributed by atoms with Crippen LogP contribution in [0.25, 0.3) is 0 Å². The van der Waals surface area contributed by atoms with Crippen molar-refractivity contribution < 1.29 is 14.0 Å². The maximum atomic E-state index is 13.5. The van der Waals surface area contributed by atoms with Gasteiger partial charge in [-0.15, -0.1) is 0 Å². The molecule has 1 unspecified atom stereocenters. The Morgan fingerprint density at radius 3 is 2.53 bits per heavy atom. The fraction of sp³-hybridized carbons (Fsp3) is 0.174. The van der Waals surface area contributed by atoms with Crippen molar-refractivity contribution in [3.63, 3.8) is 0 Å². The van der Waals surface area contributed by atoms with Gasteiger partial charge in [0.05, 0.1) is 5.56 Å². The van der Waals surface area contributed by atoms with Crippen molar-refractivity contribution in [2.24, 2.45) is 0 Å². The smallest absolute Gasteiger partial charge is 0.257 e. The molecule has 3 heterocycles. The molecule has 30 heavy (non-hydrogen) atoms. The molecule has 2 aromatic carbocycles. The first-order valence-corrected chi connectivity index (χ1v) is 9.98. The van der Waals surface area contributed by atoms with Crippen LogP contribution in [0.3, 0.4) is 0 Å². The monoisotopic (exact) mass is 421 g/mol. The summed E-state index contributed by atoms with van der Waals surface area (Å²) in [6.07, 6.45) is 1.69. The van der Waals surface area contributed by atoms with Crippen LogP contribution in [0.1, 0.15) is 31.8 Å². The van der Waals surface area contributed by atoms with Crippen LogP contribution in [-0.2, 0) is 12.1 Å². The summed E-state index contributed by atoms with van der Waals surface area (Å²) < 4.78 is 13.3. The second-order valence-corrected chi connectivity index (χ2v) is 7.88. The largest absolute Gasteiger partial charge is 0.309 e. The van der Waals surface area contributed by atoms with Gasteiger partial charge >= 0.3 is 0 Å². The minimum absolute atomic E-state index is 0.112. The van der Waals surface area contributed by atoms with Gasteiger partial charge in [-0.05, 0) is 41.5 Å². The third kappa shape index (κ3) is 2.71. The third-order valence-corrected chi connectivity index (χ3v) is 6.15. The standard InChI is InChI=1S/C23H17ClFN3O2/c24-18-8-6-17(7-9-18)23-13-15-3-1-2-4-19(15)22(30)28(23)12-11-27(23)21(29)16-5-10-20(25)26-14-16/h1-10,14H,11-13H2. The predicted octanol–water partition coefficient (Wildman–Crippen LogP) is 3.88. The van der Waals surface area contributed by atoms with Gasteiger partial charge in [-0.3, -0.25) is 9.59 Å². The van der Waals surface area contributed by atoms with Gasteiger partial charge in [-0.25, -0.2) is 4.98 Å². The Hall–Kier alpha value is -3.25. The molecule has 1 atom stereocenters. The van der Waals surface area contributed by atoms with Crippen molar-refractivity contribution in [2.75, 3.05) is 13.1 Å².